The van der Waals surface area contributed by atoms with E-state index < -0.39 is 15.9 Å². The Labute approximate surface area is 155 Å². The lowest BCUT2D eigenvalue weighted by atomic mass is 10.1. The number of hydrogen-bond donors (Lipinski definition) is 3. The number of hydrogen-bond acceptors (Lipinski definition) is 5. The second-order valence-electron chi connectivity index (χ2n) is 5.24. The summed E-state index contributed by atoms with van der Waals surface area (Å²) in [5, 5.41) is 10.3. The van der Waals surface area contributed by atoms with Crippen LogP contribution < -0.4 is 20.5 Å². The van der Waals surface area contributed by atoms with Gasteiger partial charge in [-0.1, -0.05) is 11.6 Å². The number of rotatable bonds is 5. The van der Waals surface area contributed by atoms with E-state index in [9.17, 15) is 18.0 Å². The van der Waals surface area contributed by atoms with Crippen molar-refractivity contribution >= 4 is 44.8 Å². The van der Waals surface area contributed by atoms with Crippen LogP contribution in [0.3, 0.4) is 0 Å². The highest BCUT2D eigenvalue weighted by molar-refractivity contribution is 7.89. The quantitative estimate of drug-likeness (QED) is 0.712. The van der Waals surface area contributed by atoms with Gasteiger partial charge in [0.05, 0.1) is 28.3 Å². The van der Waals surface area contributed by atoms with Crippen LogP contribution in [0.4, 0.5) is 11.4 Å². The highest BCUT2D eigenvalue weighted by Crippen LogP contribution is 2.31. The number of sulfonamides is 1. The van der Waals surface area contributed by atoms with E-state index in [0.717, 1.165) is 0 Å². The summed E-state index contributed by atoms with van der Waals surface area (Å²) in [6.45, 7) is 1.33. The Hall–Kier alpha value is -2.62. The second kappa shape index (κ2) is 7.73. The van der Waals surface area contributed by atoms with Gasteiger partial charge in [0.2, 0.25) is 15.9 Å². The maximum Gasteiger partial charge on any atom is 0.259 e. The topological polar surface area (TPSA) is 128 Å². The summed E-state index contributed by atoms with van der Waals surface area (Å²) >= 11 is 6.09. The SMILES string of the molecule is COc1cc(NC(C)=O)c(Cl)cc1C(=O)Nc1ccc(S(N)(=O)=O)cc1. The Morgan fingerprint density at radius 3 is 2.23 bits per heavy atom. The highest BCUT2D eigenvalue weighted by Gasteiger charge is 2.17. The van der Waals surface area contributed by atoms with E-state index in [-0.39, 0.29) is 27.1 Å². The molecule has 0 saturated heterocycles. The Morgan fingerprint density at radius 2 is 1.73 bits per heavy atom. The first-order chi connectivity index (χ1) is 12.1. The molecule has 0 aliphatic carbocycles. The average Bonchev–Trinajstić information content (AvgIpc) is 2.55. The summed E-state index contributed by atoms with van der Waals surface area (Å²) in [6, 6.07) is 8.14. The number of carbonyl (C=O) groups is 2. The van der Waals surface area contributed by atoms with E-state index in [4.69, 9.17) is 21.5 Å². The van der Waals surface area contributed by atoms with Crippen LogP contribution in [-0.4, -0.2) is 27.3 Å². The van der Waals surface area contributed by atoms with Crippen molar-refractivity contribution < 1.29 is 22.7 Å². The predicted octanol–water partition coefficient (Wildman–Crippen LogP) is 2.21. The third-order valence-electron chi connectivity index (χ3n) is 3.29. The van der Waals surface area contributed by atoms with Crippen LogP contribution >= 0.6 is 11.6 Å². The molecule has 0 aliphatic heterocycles. The molecule has 0 bridgehead atoms. The van der Waals surface area contributed by atoms with Gasteiger partial charge >= 0.3 is 0 Å². The Morgan fingerprint density at radius 1 is 1.12 bits per heavy atom. The molecule has 2 rings (SSSR count). The third-order valence-corrected chi connectivity index (χ3v) is 4.53. The molecule has 0 aliphatic rings. The highest BCUT2D eigenvalue weighted by atomic mass is 35.5. The summed E-state index contributed by atoms with van der Waals surface area (Å²) in [4.78, 5) is 23.6. The number of methoxy groups -OCH3 is 1. The molecule has 0 atom stereocenters. The first kappa shape index (κ1) is 19.7. The van der Waals surface area contributed by atoms with Crippen molar-refractivity contribution in [1.29, 1.82) is 0 Å². The summed E-state index contributed by atoms with van der Waals surface area (Å²) in [5.74, 6) is -0.639. The van der Waals surface area contributed by atoms with E-state index in [1.807, 2.05) is 0 Å². The molecular formula is C16H16ClN3O5S. The minimum absolute atomic E-state index is 0.0733. The van der Waals surface area contributed by atoms with Gasteiger partial charge in [0.25, 0.3) is 5.91 Å². The number of amides is 2. The zero-order chi connectivity index (χ0) is 19.5. The molecule has 2 aromatic carbocycles. The number of halogens is 1. The molecule has 26 heavy (non-hydrogen) atoms. The maximum atomic E-state index is 12.5. The van der Waals surface area contributed by atoms with Gasteiger partial charge in [0.15, 0.2) is 0 Å². The lowest BCUT2D eigenvalue weighted by Gasteiger charge is -2.13. The largest absolute Gasteiger partial charge is 0.496 e. The van der Waals surface area contributed by atoms with Crippen LogP contribution in [0.15, 0.2) is 41.3 Å². The number of nitrogens with two attached hydrogens (primary N) is 1. The Bertz CT molecular complexity index is 959. The van der Waals surface area contributed by atoms with Crippen LogP contribution in [0.1, 0.15) is 17.3 Å². The van der Waals surface area contributed by atoms with E-state index >= 15 is 0 Å². The minimum atomic E-state index is -3.82. The zero-order valence-electron chi connectivity index (χ0n) is 13.9. The van der Waals surface area contributed by atoms with Crippen molar-refractivity contribution in [3.8, 4) is 5.75 Å². The van der Waals surface area contributed by atoms with Crippen LogP contribution in [0.2, 0.25) is 5.02 Å². The molecule has 0 heterocycles. The first-order valence-electron chi connectivity index (χ1n) is 7.21. The van der Waals surface area contributed by atoms with Gasteiger partial charge in [-0.05, 0) is 30.3 Å². The molecule has 0 spiro atoms. The molecule has 0 aromatic heterocycles. The molecular weight excluding hydrogens is 382 g/mol. The van der Waals surface area contributed by atoms with E-state index in [2.05, 4.69) is 10.6 Å². The Kier molecular flexibility index (Phi) is 5.86. The van der Waals surface area contributed by atoms with Gasteiger partial charge in [-0.2, -0.15) is 0 Å². The molecule has 8 nitrogen and oxygen atoms in total. The fraction of sp³-hybridized carbons (Fsp3) is 0.125. The molecule has 2 aromatic rings. The Balaban J connectivity index is 2.29. The van der Waals surface area contributed by atoms with Crippen molar-refractivity contribution in [1.82, 2.24) is 0 Å². The van der Waals surface area contributed by atoms with Crippen molar-refractivity contribution in [2.45, 2.75) is 11.8 Å². The molecule has 0 unspecified atom stereocenters. The number of carbonyl (C=O) groups excluding carboxylic acids is 2. The number of anilines is 2. The molecule has 10 heteroatoms. The molecule has 4 N–H and O–H groups in total. The minimum Gasteiger partial charge on any atom is -0.496 e. The van der Waals surface area contributed by atoms with Gasteiger partial charge in [-0.15, -0.1) is 0 Å². The van der Waals surface area contributed by atoms with Crippen molar-refractivity contribution in [3.05, 3.63) is 47.0 Å². The van der Waals surface area contributed by atoms with Crippen LogP contribution in [0.25, 0.3) is 0 Å². The van der Waals surface area contributed by atoms with Gasteiger partial charge < -0.3 is 15.4 Å². The summed E-state index contributed by atoms with van der Waals surface area (Å²) < 4.78 is 27.7. The number of benzene rings is 2. The normalized spacial score (nSPS) is 10.9. The first-order valence-corrected chi connectivity index (χ1v) is 9.13. The van der Waals surface area contributed by atoms with Crippen LogP contribution in [0, 0.1) is 0 Å². The average molecular weight is 398 g/mol. The van der Waals surface area contributed by atoms with Gasteiger partial charge in [0, 0.05) is 18.7 Å². The van der Waals surface area contributed by atoms with Crippen molar-refractivity contribution in [2.24, 2.45) is 5.14 Å². The van der Waals surface area contributed by atoms with Gasteiger partial charge in [-0.25, -0.2) is 13.6 Å². The summed E-state index contributed by atoms with van der Waals surface area (Å²) in [6.07, 6.45) is 0. The summed E-state index contributed by atoms with van der Waals surface area (Å²) in [7, 11) is -2.44. The maximum absolute atomic E-state index is 12.5. The monoisotopic (exact) mass is 397 g/mol. The molecule has 0 saturated carbocycles. The number of nitrogens with one attached hydrogen (secondary N) is 2. The molecule has 0 fully saturated rings. The van der Waals surface area contributed by atoms with E-state index in [0.29, 0.717) is 11.4 Å². The molecule has 0 radical (unpaired) electrons. The fourth-order valence-electron chi connectivity index (χ4n) is 2.11. The molecule has 2 amide bonds. The van der Waals surface area contributed by atoms with Crippen LogP contribution in [0.5, 0.6) is 5.75 Å². The van der Waals surface area contributed by atoms with Crippen molar-refractivity contribution in [2.75, 3.05) is 17.7 Å². The third kappa shape index (κ3) is 4.72. The van der Waals surface area contributed by atoms with Crippen molar-refractivity contribution in [3.63, 3.8) is 0 Å². The smallest absolute Gasteiger partial charge is 0.259 e. The zero-order valence-corrected chi connectivity index (χ0v) is 15.4. The van der Waals surface area contributed by atoms with Gasteiger partial charge in [0.1, 0.15) is 5.75 Å². The lowest BCUT2D eigenvalue weighted by Crippen LogP contribution is -2.15. The van der Waals surface area contributed by atoms with Gasteiger partial charge in [-0.3, -0.25) is 9.59 Å². The second-order valence-corrected chi connectivity index (χ2v) is 7.21. The number of ether oxygens (including phenoxy) is 1. The lowest BCUT2D eigenvalue weighted by molar-refractivity contribution is -0.114. The van der Waals surface area contributed by atoms with E-state index in [1.54, 1.807) is 0 Å². The van der Waals surface area contributed by atoms with Crippen LogP contribution in [-0.2, 0) is 14.8 Å². The summed E-state index contributed by atoms with van der Waals surface area (Å²) in [5.41, 5.74) is 0.804. The molecule has 138 valence electrons. The predicted molar refractivity (Wildman–Crippen MR) is 98.1 cm³/mol. The van der Waals surface area contributed by atoms with E-state index in [1.165, 1.54) is 50.4 Å². The number of primary sulfonamides is 1. The standard InChI is InChI=1S/C16H16ClN3O5S/c1-9(21)19-14-8-15(25-2)12(7-13(14)17)16(22)20-10-3-5-11(6-4-10)26(18,23)24/h3-8H,1-2H3,(H,19,21)(H,20,22)(H2,18,23,24). The fourth-order valence-corrected chi connectivity index (χ4v) is 2.84.